The molecule has 0 unspecified atom stereocenters. The molecule has 88 valence electrons. The van der Waals surface area contributed by atoms with Gasteiger partial charge in [0.15, 0.2) is 5.82 Å². The van der Waals surface area contributed by atoms with Crippen molar-refractivity contribution in [1.82, 2.24) is 9.97 Å². The molecular weight excluding hydrogens is 351 g/mol. The van der Waals surface area contributed by atoms with Crippen molar-refractivity contribution < 1.29 is 4.39 Å². The Bertz CT molecular complexity index is 562. The first-order chi connectivity index (χ1) is 7.99. The summed E-state index contributed by atoms with van der Waals surface area (Å²) in [6.07, 6.45) is 0. The molecule has 1 aromatic carbocycles. The Balaban J connectivity index is 2.64. The van der Waals surface area contributed by atoms with Crippen molar-refractivity contribution in [2.45, 2.75) is 13.8 Å². The van der Waals surface area contributed by atoms with Gasteiger partial charge in [0.25, 0.3) is 0 Å². The molecule has 1 aromatic heterocycles. The van der Waals surface area contributed by atoms with Crippen molar-refractivity contribution in [2.75, 3.05) is 0 Å². The highest BCUT2D eigenvalue weighted by Crippen LogP contribution is 2.28. The van der Waals surface area contributed by atoms with Gasteiger partial charge in [0.05, 0.1) is 0 Å². The lowest BCUT2D eigenvalue weighted by Gasteiger charge is -2.07. The van der Waals surface area contributed by atoms with Crippen LogP contribution in [0.1, 0.15) is 11.3 Å². The van der Waals surface area contributed by atoms with Crippen LogP contribution in [0.5, 0.6) is 0 Å². The van der Waals surface area contributed by atoms with E-state index in [1.807, 2.05) is 13.8 Å². The summed E-state index contributed by atoms with van der Waals surface area (Å²) in [5.41, 5.74) is 2.51. The second-order valence-electron chi connectivity index (χ2n) is 3.67. The van der Waals surface area contributed by atoms with E-state index in [1.54, 1.807) is 6.07 Å². The van der Waals surface area contributed by atoms with Crippen LogP contribution in [-0.4, -0.2) is 9.97 Å². The van der Waals surface area contributed by atoms with E-state index < -0.39 is 0 Å². The first-order valence-electron chi connectivity index (χ1n) is 4.95. The molecule has 2 rings (SSSR count). The van der Waals surface area contributed by atoms with E-state index in [0.717, 1.165) is 20.3 Å². The van der Waals surface area contributed by atoms with E-state index in [9.17, 15) is 4.39 Å². The van der Waals surface area contributed by atoms with Gasteiger partial charge in [0.1, 0.15) is 10.4 Å². The Morgan fingerprint density at radius 1 is 1.12 bits per heavy atom. The van der Waals surface area contributed by atoms with Crippen molar-refractivity contribution in [3.8, 4) is 11.4 Å². The van der Waals surface area contributed by atoms with Gasteiger partial charge < -0.3 is 0 Å². The molecule has 0 aliphatic heterocycles. The molecule has 1 heterocycles. The van der Waals surface area contributed by atoms with E-state index in [-0.39, 0.29) is 5.82 Å². The molecule has 0 atom stereocenters. The summed E-state index contributed by atoms with van der Waals surface area (Å²) in [5, 5.41) is 0. The summed E-state index contributed by atoms with van der Waals surface area (Å²) in [6.45, 7) is 3.84. The molecule has 0 radical (unpaired) electrons. The third kappa shape index (κ3) is 2.55. The SMILES string of the molecule is Cc1nc(-c2cc(F)ccc2Br)nc(Br)c1C. The fourth-order valence-electron chi connectivity index (χ4n) is 1.38. The normalized spacial score (nSPS) is 10.6. The number of hydrogen-bond acceptors (Lipinski definition) is 2. The summed E-state index contributed by atoms with van der Waals surface area (Å²) >= 11 is 6.75. The van der Waals surface area contributed by atoms with Crippen LogP contribution < -0.4 is 0 Å². The Labute approximate surface area is 116 Å². The standard InChI is InChI=1S/C12H9Br2FN2/c1-6-7(2)16-12(17-11(6)14)9-5-8(15)3-4-10(9)13/h3-5H,1-2H3. The Kier molecular flexibility index (Phi) is 3.58. The Morgan fingerprint density at radius 2 is 1.82 bits per heavy atom. The van der Waals surface area contributed by atoms with Crippen LogP contribution in [0.2, 0.25) is 0 Å². The predicted octanol–water partition coefficient (Wildman–Crippen LogP) is 4.42. The van der Waals surface area contributed by atoms with E-state index in [1.165, 1.54) is 12.1 Å². The van der Waals surface area contributed by atoms with Gasteiger partial charge in [-0.05, 0) is 48.0 Å². The van der Waals surface area contributed by atoms with Crippen LogP contribution in [0.25, 0.3) is 11.4 Å². The smallest absolute Gasteiger partial charge is 0.161 e. The van der Waals surface area contributed by atoms with Gasteiger partial charge in [-0.1, -0.05) is 15.9 Å². The van der Waals surface area contributed by atoms with Crippen molar-refractivity contribution in [1.29, 1.82) is 0 Å². The van der Waals surface area contributed by atoms with Crippen LogP contribution in [0.4, 0.5) is 4.39 Å². The maximum absolute atomic E-state index is 13.2. The Hall–Kier alpha value is -0.810. The lowest BCUT2D eigenvalue weighted by Crippen LogP contribution is -1.97. The lowest BCUT2D eigenvalue weighted by atomic mass is 10.2. The molecule has 0 aliphatic carbocycles. The molecule has 0 fully saturated rings. The fourth-order valence-corrected chi connectivity index (χ4v) is 2.26. The number of benzene rings is 1. The molecule has 0 amide bonds. The van der Waals surface area contributed by atoms with Crippen LogP contribution in [0, 0.1) is 19.7 Å². The minimum absolute atomic E-state index is 0.304. The summed E-state index contributed by atoms with van der Waals surface area (Å²) in [7, 11) is 0. The number of rotatable bonds is 1. The van der Waals surface area contributed by atoms with Gasteiger partial charge in [-0.15, -0.1) is 0 Å². The quantitative estimate of drug-likeness (QED) is 0.704. The number of aryl methyl sites for hydroxylation is 1. The third-order valence-corrected chi connectivity index (χ3v) is 3.96. The summed E-state index contributed by atoms with van der Waals surface area (Å²) in [4.78, 5) is 8.68. The van der Waals surface area contributed by atoms with E-state index >= 15 is 0 Å². The minimum Gasteiger partial charge on any atom is -0.233 e. The average Bonchev–Trinajstić information content (AvgIpc) is 2.28. The van der Waals surface area contributed by atoms with Crippen LogP contribution in [-0.2, 0) is 0 Å². The second kappa shape index (κ2) is 4.82. The lowest BCUT2D eigenvalue weighted by molar-refractivity contribution is 0.628. The zero-order chi connectivity index (χ0) is 12.6. The predicted molar refractivity (Wildman–Crippen MR) is 72.3 cm³/mol. The van der Waals surface area contributed by atoms with Crippen molar-refractivity contribution >= 4 is 31.9 Å². The average molecular weight is 360 g/mol. The first kappa shape index (κ1) is 12.6. The van der Waals surface area contributed by atoms with Crippen LogP contribution in [0.15, 0.2) is 27.3 Å². The van der Waals surface area contributed by atoms with Gasteiger partial charge in [-0.25, -0.2) is 14.4 Å². The number of halogens is 3. The summed E-state index contributed by atoms with van der Waals surface area (Å²) in [5.74, 6) is 0.201. The van der Waals surface area contributed by atoms with Crippen molar-refractivity contribution in [3.05, 3.63) is 44.3 Å². The molecule has 5 heteroatoms. The van der Waals surface area contributed by atoms with Crippen molar-refractivity contribution in [2.24, 2.45) is 0 Å². The molecule has 2 aromatic rings. The molecule has 2 nitrogen and oxygen atoms in total. The fraction of sp³-hybridized carbons (Fsp3) is 0.167. The van der Waals surface area contributed by atoms with Gasteiger partial charge in [-0.3, -0.25) is 0 Å². The molecule has 0 aliphatic rings. The monoisotopic (exact) mass is 358 g/mol. The molecular formula is C12H9Br2FN2. The Morgan fingerprint density at radius 3 is 2.47 bits per heavy atom. The van der Waals surface area contributed by atoms with Gasteiger partial charge in [-0.2, -0.15) is 0 Å². The number of hydrogen-bond donors (Lipinski definition) is 0. The van der Waals surface area contributed by atoms with Gasteiger partial charge in [0, 0.05) is 21.3 Å². The molecule has 0 saturated carbocycles. The second-order valence-corrected chi connectivity index (χ2v) is 5.28. The zero-order valence-corrected chi connectivity index (χ0v) is 12.4. The maximum Gasteiger partial charge on any atom is 0.161 e. The molecule has 0 N–H and O–H groups in total. The third-order valence-electron chi connectivity index (χ3n) is 2.50. The minimum atomic E-state index is -0.304. The topological polar surface area (TPSA) is 25.8 Å². The number of nitrogens with zero attached hydrogens (tertiary/aromatic N) is 2. The largest absolute Gasteiger partial charge is 0.233 e. The zero-order valence-electron chi connectivity index (χ0n) is 9.26. The van der Waals surface area contributed by atoms with E-state index in [4.69, 9.17) is 0 Å². The molecule has 0 spiro atoms. The van der Waals surface area contributed by atoms with E-state index in [0.29, 0.717) is 11.4 Å². The maximum atomic E-state index is 13.2. The summed E-state index contributed by atoms with van der Waals surface area (Å²) < 4.78 is 14.7. The highest BCUT2D eigenvalue weighted by molar-refractivity contribution is 9.10. The van der Waals surface area contributed by atoms with Gasteiger partial charge >= 0.3 is 0 Å². The van der Waals surface area contributed by atoms with Crippen LogP contribution >= 0.6 is 31.9 Å². The summed E-state index contributed by atoms with van der Waals surface area (Å²) in [6, 6.07) is 4.46. The molecule has 0 bridgehead atoms. The van der Waals surface area contributed by atoms with Crippen molar-refractivity contribution in [3.63, 3.8) is 0 Å². The highest BCUT2D eigenvalue weighted by atomic mass is 79.9. The number of aromatic nitrogens is 2. The molecule has 17 heavy (non-hydrogen) atoms. The van der Waals surface area contributed by atoms with E-state index in [2.05, 4.69) is 41.8 Å². The highest BCUT2D eigenvalue weighted by Gasteiger charge is 2.11. The first-order valence-corrected chi connectivity index (χ1v) is 6.54. The molecule has 0 saturated heterocycles. The van der Waals surface area contributed by atoms with Crippen LogP contribution in [0.3, 0.4) is 0 Å². The van der Waals surface area contributed by atoms with Gasteiger partial charge in [0.2, 0.25) is 0 Å².